The molecule has 1 heterocycles. The summed E-state index contributed by atoms with van der Waals surface area (Å²) in [5, 5.41) is 1.22. The van der Waals surface area contributed by atoms with Crippen molar-refractivity contribution in [3.05, 3.63) is 66.4 Å². The van der Waals surface area contributed by atoms with Gasteiger partial charge in [0.2, 0.25) is 0 Å². The molecule has 0 aliphatic carbocycles. The monoisotopic (exact) mass is 295 g/mol. The molecule has 0 aliphatic rings. The Hall–Kier alpha value is -2.10. The van der Waals surface area contributed by atoms with Gasteiger partial charge in [-0.05, 0) is 37.4 Å². The van der Waals surface area contributed by atoms with Gasteiger partial charge in [-0.25, -0.2) is 0 Å². The van der Waals surface area contributed by atoms with E-state index in [9.17, 15) is 0 Å². The topological polar surface area (TPSA) is 23.4 Å². The molecule has 0 atom stereocenters. The molecular weight excluding hydrogens is 274 g/mol. The van der Waals surface area contributed by atoms with Crippen molar-refractivity contribution >= 4 is 10.9 Å². The molecule has 0 saturated heterocycles. The van der Waals surface area contributed by atoms with Gasteiger partial charge in [0, 0.05) is 25.0 Å². The van der Waals surface area contributed by atoms with Gasteiger partial charge in [0.05, 0.1) is 11.2 Å². The molecule has 3 aromatic rings. The van der Waals surface area contributed by atoms with Crippen LogP contribution in [0.1, 0.15) is 25.7 Å². The van der Waals surface area contributed by atoms with E-state index in [0.717, 1.165) is 11.3 Å². The number of aromatic nitrogens is 1. The summed E-state index contributed by atoms with van der Waals surface area (Å²) in [4.78, 5) is 0. The Balaban J connectivity index is 2.11. The van der Waals surface area contributed by atoms with Crippen LogP contribution in [0.4, 0.5) is 0 Å². The zero-order chi connectivity index (χ0) is 15.4. The summed E-state index contributed by atoms with van der Waals surface area (Å²) in [6.07, 6.45) is 1.76. The van der Waals surface area contributed by atoms with Crippen LogP contribution in [0.25, 0.3) is 16.6 Å². The minimum atomic E-state index is -0.340. The highest BCUT2D eigenvalue weighted by atomic mass is 16.7. The summed E-state index contributed by atoms with van der Waals surface area (Å²) in [7, 11) is 0. The highest BCUT2D eigenvalue weighted by Gasteiger charge is 2.17. The Morgan fingerprint density at radius 2 is 1.55 bits per heavy atom. The predicted molar refractivity (Wildman–Crippen MR) is 89.3 cm³/mol. The number of benzene rings is 2. The van der Waals surface area contributed by atoms with Gasteiger partial charge < -0.3 is 14.0 Å². The van der Waals surface area contributed by atoms with Crippen molar-refractivity contribution < 1.29 is 9.47 Å². The van der Waals surface area contributed by atoms with E-state index in [2.05, 4.69) is 53.2 Å². The van der Waals surface area contributed by atoms with Crippen molar-refractivity contribution in [3.63, 3.8) is 0 Å². The molecule has 0 aliphatic heterocycles. The second-order valence-electron chi connectivity index (χ2n) is 5.05. The third-order valence-corrected chi connectivity index (χ3v) is 3.69. The first-order valence-electron chi connectivity index (χ1n) is 7.73. The second kappa shape index (κ2) is 6.77. The lowest BCUT2D eigenvalue weighted by atomic mass is 10.1. The van der Waals surface area contributed by atoms with E-state index in [1.165, 1.54) is 10.9 Å². The van der Waals surface area contributed by atoms with E-state index >= 15 is 0 Å². The van der Waals surface area contributed by atoms with Crippen LogP contribution in [0.15, 0.2) is 60.8 Å². The highest BCUT2D eigenvalue weighted by molar-refractivity contribution is 5.82. The van der Waals surface area contributed by atoms with Gasteiger partial charge in [0.15, 0.2) is 6.29 Å². The quantitative estimate of drug-likeness (QED) is 0.615. The number of para-hydroxylation sites is 2. The first kappa shape index (κ1) is 14.8. The van der Waals surface area contributed by atoms with Gasteiger partial charge in [-0.3, -0.25) is 0 Å². The Kier molecular flexibility index (Phi) is 4.56. The molecule has 3 rings (SSSR count). The third kappa shape index (κ3) is 2.78. The van der Waals surface area contributed by atoms with Crippen LogP contribution in [0.2, 0.25) is 0 Å². The highest BCUT2D eigenvalue weighted by Crippen LogP contribution is 2.28. The summed E-state index contributed by atoms with van der Waals surface area (Å²) < 4.78 is 13.8. The molecule has 2 aromatic carbocycles. The lowest BCUT2D eigenvalue weighted by molar-refractivity contribution is -0.140. The zero-order valence-corrected chi connectivity index (χ0v) is 13.0. The lowest BCUT2D eigenvalue weighted by Crippen LogP contribution is -2.12. The van der Waals surface area contributed by atoms with Crippen LogP contribution in [-0.2, 0) is 9.47 Å². The Labute approximate surface area is 131 Å². The molecule has 0 radical (unpaired) electrons. The summed E-state index contributed by atoms with van der Waals surface area (Å²) in [6.45, 7) is 5.20. The van der Waals surface area contributed by atoms with Gasteiger partial charge in [-0.1, -0.05) is 36.4 Å². The maximum atomic E-state index is 5.78. The molecule has 3 nitrogen and oxygen atoms in total. The molecule has 114 valence electrons. The Bertz CT molecular complexity index is 742. The van der Waals surface area contributed by atoms with E-state index in [4.69, 9.17) is 9.47 Å². The van der Waals surface area contributed by atoms with Crippen LogP contribution < -0.4 is 0 Å². The fraction of sp³-hybridized carbons (Fsp3) is 0.263. The maximum absolute atomic E-state index is 5.78. The largest absolute Gasteiger partial charge is 0.349 e. The number of rotatable bonds is 6. The van der Waals surface area contributed by atoms with Crippen LogP contribution in [0.3, 0.4) is 0 Å². The van der Waals surface area contributed by atoms with E-state index in [-0.39, 0.29) is 6.29 Å². The molecule has 0 amide bonds. The lowest BCUT2D eigenvalue weighted by Gasteiger charge is -2.21. The van der Waals surface area contributed by atoms with Crippen LogP contribution in [0, 0.1) is 0 Å². The molecule has 0 unspecified atom stereocenters. The first-order valence-corrected chi connectivity index (χ1v) is 7.73. The molecule has 0 saturated carbocycles. The van der Waals surface area contributed by atoms with Crippen molar-refractivity contribution in [2.75, 3.05) is 13.2 Å². The number of ether oxygens (including phenoxy) is 2. The van der Waals surface area contributed by atoms with Crippen molar-refractivity contribution in [1.29, 1.82) is 0 Å². The molecule has 22 heavy (non-hydrogen) atoms. The molecule has 0 N–H and O–H groups in total. The summed E-state index contributed by atoms with van der Waals surface area (Å²) in [6, 6.07) is 18.7. The molecule has 3 heteroatoms. The first-order chi connectivity index (χ1) is 10.8. The number of hydrogen-bond donors (Lipinski definition) is 0. The van der Waals surface area contributed by atoms with Crippen LogP contribution in [-0.4, -0.2) is 17.8 Å². The standard InChI is InChI=1S/C19H21NO2/c1-3-21-19(22-4-2)16-10-6-8-12-18(16)20-14-13-15-9-5-7-11-17(15)20/h5-14,19H,3-4H2,1-2H3. The molecule has 0 fully saturated rings. The average molecular weight is 295 g/mol. The number of nitrogens with zero attached hydrogens (tertiary/aromatic N) is 1. The minimum Gasteiger partial charge on any atom is -0.349 e. The fourth-order valence-corrected chi connectivity index (χ4v) is 2.73. The average Bonchev–Trinajstić information content (AvgIpc) is 2.98. The second-order valence-corrected chi connectivity index (χ2v) is 5.05. The third-order valence-electron chi connectivity index (χ3n) is 3.69. The van der Waals surface area contributed by atoms with Gasteiger partial charge in [0.1, 0.15) is 0 Å². The number of hydrogen-bond acceptors (Lipinski definition) is 2. The fourth-order valence-electron chi connectivity index (χ4n) is 2.73. The summed E-state index contributed by atoms with van der Waals surface area (Å²) in [5.74, 6) is 0. The maximum Gasteiger partial charge on any atom is 0.185 e. The van der Waals surface area contributed by atoms with Gasteiger partial charge in [0.25, 0.3) is 0 Å². The van der Waals surface area contributed by atoms with Crippen molar-refractivity contribution in [2.45, 2.75) is 20.1 Å². The van der Waals surface area contributed by atoms with Crippen molar-refractivity contribution in [1.82, 2.24) is 4.57 Å². The molecule has 0 spiro atoms. The summed E-state index contributed by atoms with van der Waals surface area (Å²) in [5.41, 5.74) is 3.32. The zero-order valence-electron chi connectivity index (χ0n) is 13.0. The molecular formula is C19H21NO2. The normalized spacial score (nSPS) is 11.4. The van der Waals surface area contributed by atoms with E-state index < -0.39 is 0 Å². The van der Waals surface area contributed by atoms with Crippen LogP contribution in [0.5, 0.6) is 0 Å². The SMILES string of the molecule is CCOC(OCC)c1ccccc1-n1ccc2ccccc21. The Morgan fingerprint density at radius 3 is 2.32 bits per heavy atom. The van der Waals surface area contributed by atoms with E-state index in [1.807, 2.05) is 26.0 Å². The smallest absolute Gasteiger partial charge is 0.185 e. The predicted octanol–water partition coefficient (Wildman–Crippen LogP) is 4.70. The van der Waals surface area contributed by atoms with Crippen molar-refractivity contribution in [2.24, 2.45) is 0 Å². The minimum absolute atomic E-state index is 0.340. The van der Waals surface area contributed by atoms with E-state index in [0.29, 0.717) is 13.2 Å². The van der Waals surface area contributed by atoms with Crippen molar-refractivity contribution in [3.8, 4) is 5.69 Å². The van der Waals surface area contributed by atoms with Crippen LogP contribution >= 0.6 is 0 Å². The van der Waals surface area contributed by atoms with Gasteiger partial charge >= 0.3 is 0 Å². The Morgan fingerprint density at radius 1 is 0.864 bits per heavy atom. The number of fused-ring (bicyclic) bond motifs is 1. The van der Waals surface area contributed by atoms with Gasteiger partial charge in [-0.15, -0.1) is 0 Å². The summed E-state index contributed by atoms with van der Waals surface area (Å²) >= 11 is 0. The van der Waals surface area contributed by atoms with Gasteiger partial charge in [-0.2, -0.15) is 0 Å². The molecule has 0 bridgehead atoms. The molecule has 1 aromatic heterocycles. The van der Waals surface area contributed by atoms with E-state index in [1.54, 1.807) is 0 Å².